The van der Waals surface area contributed by atoms with Crippen LogP contribution in [0, 0.1) is 0 Å². The van der Waals surface area contributed by atoms with Gasteiger partial charge in [0.1, 0.15) is 34.9 Å². The number of halogens is 3. The van der Waals surface area contributed by atoms with E-state index in [-0.39, 0.29) is 24.6 Å². The molecule has 0 saturated carbocycles. The zero-order valence-corrected chi connectivity index (χ0v) is 26.2. The van der Waals surface area contributed by atoms with Crippen molar-refractivity contribution in [2.75, 3.05) is 23.4 Å². The van der Waals surface area contributed by atoms with Gasteiger partial charge in [-0.25, -0.2) is 14.3 Å². The molecule has 13 nitrogen and oxygen atoms in total. The molecule has 2 N–H and O–H groups in total. The van der Waals surface area contributed by atoms with E-state index in [2.05, 4.69) is 20.8 Å². The fraction of sp³-hybridized carbons (Fsp3) is 0.522. The first-order valence-corrected chi connectivity index (χ1v) is 15.2. The summed E-state index contributed by atoms with van der Waals surface area (Å²) in [6.07, 6.45) is 3.13. The van der Waals surface area contributed by atoms with Gasteiger partial charge in [-0.1, -0.05) is 46.6 Å². The summed E-state index contributed by atoms with van der Waals surface area (Å²) < 4.78 is 12.4. The minimum Gasteiger partial charge on any atom is -0.477 e. The Kier molecular flexibility index (Phi) is 9.65. The van der Waals surface area contributed by atoms with Crippen molar-refractivity contribution in [1.82, 2.24) is 25.1 Å². The standard InChI is InChI=1S/C23H26Cl3N7O6S2/c1-22(2,3)39-20(37)13-7-32(11-38-10-23(24,25)26)6-5-14(13)27-15-17(34)33-16(19(35)36)12(8-40-18(15)33)9-41-21-28-29-30-31(21)4/h5-7,15,18H,8-11H2,1-4H3,(H,35,36)/p+1/t15-,18-/m1/s1. The number of carbonyl (C=O) groups is 3. The third-order valence-electron chi connectivity index (χ3n) is 5.66. The SMILES string of the molecule is Cn1nnnc1SCC1=C(C(=O)O)N2C(=O)[C@@H](Nc3cc[n+](COCC(Cl)(Cl)Cl)cc3C(=O)OC(C)(C)C)[C@H]2SC1. The number of tetrazole rings is 1. The van der Waals surface area contributed by atoms with E-state index in [0.29, 0.717) is 27.9 Å². The molecule has 2 aromatic rings. The van der Waals surface area contributed by atoms with Gasteiger partial charge in [-0.15, -0.1) is 16.9 Å². The fourth-order valence-corrected chi connectivity index (χ4v) is 6.53. The number of aryl methyl sites for hydroxylation is 1. The first-order valence-electron chi connectivity index (χ1n) is 12.1. The quantitative estimate of drug-likeness (QED) is 0.126. The maximum Gasteiger partial charge on any atom is 0.352 e. The van der Waals surface area contributed by atoms with Crippen LogP contribution in [0.3, 0.4) is 0 Å². The second-order valence-corrected chi connectivity index (χ2v) is 14.6. The molecule has 1 amide bonds. The van der Waals surface area contributed by atoms with Crippen LogP contribution in [0.5, 0.6) is 0 Å². The number of amides is 1. The number of β-lactam (4-membered cyclic amide) rings is 1. The van der Waals surface area contributed by atoms with Gasteiger partial charge >= 0.3 is 11.9 Å². The van der Waals surface area contributed by atoms with Gasteiger partial charge in [0.05, 0.1) is 5.69 Å². The molecule has 0 unspecified atom stereocenters. The zero-order valence-electron chi connectivity index (χ0n) is 22.3. The lowest BCUT2D eigenvalue weighted by Crippen LogP contribution is -2.67. The second kappa shape index (κ2) is 12.5. The molecule has 2 atom stereocenters. The molecule has 0 aliphatic carbocycles. The number of hydrogen-bond donors (Lipinski definition) is 2. The number of aromatic nitrogens is 5. The molecular formula is C23H27Cl3N7O6S2+. The summed E-state index contributed by atoms with van der Waals surface area (Å²) in [5.41, 5.74) is 0.246. The molecule has 18 heteroatoms. The van der Waals surface area contributed by atoms with Crippen molar-refractivity contribution in [3.63, 3.8) is 0 Å². The molecule has 1 saturated heterocycles. The first kappa shape index (κ1) is 31.6. The predicted octanol–water partition coefficient (Wildman–Crippen LogP) is 2.62. The van der Waals surface area contributed by atoms with Crippen molar-refractivity contribution in [2.24, 2.45) is 7.05 Å². The number of hydrogen-bond acceptors (Lipinski definition) is 11. The number of anilines is 1. The number of aliphatic carboxylic acids is 1. The largest absolute Gasteiger partial charge is 0.477 e. The highest BCUT2D eigenvalue weighted by Gasteiger charge is 2.54. The molecule has 2 aliphatic rings. The zero-order chi connectivity index (χ0) is 30.1. The average molecular weight is 668 g/mol. The highest BCUT2D eigenvalue weighted by Crippen LogP contribution is 2.42. The monoisotopic (exact) mass is 666 g/mol. The molecule has 0 spiro atoms. The Morgan fingerprint density at radius 1 is 1.32 bits per heavy atom. The lowest BCUT2D eigenvalue weighted by atomic mass is 10.0. The van der Waals surface area contributed by atoms with E-state index in [9.17, 15) is 19.5 Å². The topological polar surface area (TPSA) is 153 Å². The van der Waals surface area contributed by atoms with Gasteiger partial charge in [-0.05, 0) is 36.8 Å². The summed E-state index contributed by atoms with van der Waals surface area (Å²) in [4.78, 5) is 39.9. The van der Waals surface area contributed by atoms with E-state index in [4.69, 9.17) is 44.3 Å². The van der Waals surface area contributed by atoms with Crippen LogP contribution in [0.25, 0.3) is 0 Å². The van der Waals surface area contributed by atoms with E-state index in [0.717, 1.165) is 0 Å². The van der Waals surface area contributed by atoms with Crippen LogP contribution >= 0.6 is 58.3 Å². The summed E-state index contributed by atoms with van der Waals surface area (Å²) >= 11 is 19.9. The molecule has 0 aromatic carbocycles. The number of thioether (sulfide) groups is 2. The summed E-state index contributed by atoms with van der Waals surface area (Å²) in [6.45, 7) is 5.02. The number of fused-ring (bicyclic) bond motifs is 1. The average Bonchev–Trinajstić information content (AvgIpc) is 3.28. The Morgan fingerprint density at radius 2 is 2.05 bits per heavy atom. The van der Waals surface area contributed by atoms with Crippen molar-refractivity contribution < 1.29 is 33.5 Å². The number of alkyl halides is 3. The number of esters is 1. The van der Waals surface area contributed by atoms with Gasteiger partial charge in [0.25, 0.3) is 12.6 Å². The van der Waals surface area contributed by atoms with Crippen LogP contribution in [-0.2, 0) is 32.8 Å². The molecule has 4 heterocycles. The Hall–Kier alpha value is -2.30. The van der Waals surface area contributed by atoms with Gasteiger partial charge in [0, 0.05) is 24.6 Å². The molecular weight excluding hydrogens is 641 g/mol. The van der Waals surface area contributed by atoms with Crippen molar-refractivity contribution in [1.29, 1.82) is 0 Å². The lowest BCUT2D eigenvalue weighted by Gasteiger charge is -2.49. The van der Waals surface area contributed by atoms with Crippen LogP contribution in [-0.4, -0.2) is 87.0 Å². The maximum atomic E-state index is 13.3. The van der Waals surface area contributed by atoms with Crippen LogP contribution in [0.1, 0.15) is 31.1 Å². The molecule has 1 fully saturated rings. The first-order chi connectivity index (χ1) is 19.1. The Morgan fingerprint density at radius 3 is 2.66 bits per heavy atom. The Balaban J connectivity index is 1.53. The van der Waals surface area contributed by atoms with E-state index >= 15 is 0 Å². The molecule has 0 bridgehead atoms. The molecule has 41 heavy (non-hydrogen) atoms. The predicted molar refractivity (Wildman–Crippen MR) is 153 cm³/mol. The molecule has 2 aromatic heterocycles. The number of pyridine rings is 1. The number of rotatable bonds is 10. The Bertz CT molecular complexity index is 1380. The number of carbonyl (C=O) groups excluding carboxylic acids is 2. The van der Waals surface area contributed by atoms with Crippen molar-refractivity contribution in [3.8, 4) is 0 Å². The lowest BCUT2D eigenvalue weighted by molar-refractivity contribution is -0.732. The summed E-state index contributed by atoms with van der Waals surface area (Å²) in [5, 5.41) is 24.4. The van der Waals surface area contributed by atoms with Gasteiger partial charge in [-0.2, -0.15) is 4.57 Å². The normalized spacial score (nSPS) is 19.1. The molecule has 0 radical (unpaired) electrons. The van der Waals surface area contributed by atoms with Gasteiger partial charge in [0.15, 0.2) is 12.4 Å². The van der Waals surface area contributed by atoms with Crippen LogP contribution in [0.4, 0.5) is 5.69 Å². The minimum absolute atomic E-state index is 0.0173. The van der Waals surface area contributed by atoms with Crippen molar-refractivity contribution in [3.05, 3.63) is 35.3 Å². The third-order valence-corrected chi connectivity index (χ3v) is 8.42. The van der Waals surface area contributed by atoms with Gasteiger partial charge in [-0.3, -0.25) is 9.69 Å². The molecule has 2 aliphatic heterocycles. The van der Waals surface area contributed by atoms with Crippen LogP contribution in [0.15, 0.2) is 34.9 Å². The highest BCUT2D eigenvalue weighted by atomic mass is 35.6. The molecule has 222 valence electrons. The van der Waals surface area contributed by atoms with Crippen molar-refractivity contribution >= 4 is 81.9 Å². The third kappa shape index (κ3) is 7.76. The van der Waals surface area contributed by atoms with E-state index in [1.54, 1.807) is 44.6 Å². The Labute approximate surface area is 258 Å². The smallest absolute Gasteiger partial charge is 0.352 e. The number of ether oxygens (including phenoxy) is 2. The van der Waals surface area contributed by atoms with Crippen LogP contribution < -0.4 is 9.88 Å². The number of nitrogens with zero attached hydrogens (tertiary/aromatic N) is 6. The summed E-state index contributed by atoms with van der Waals surface area (Å²) in [6, 6.07) is 0.830. The number of carboxylic acid groups (broad SMARTS) is 1. The van der Waals surface area contributed by atoms with Crippen LogP contribution in [0.2, 0.25) is 0 Å². The van der Waals surface area contributed by atoms with Crippen molar-refractivity contribution in [2.45, 2.75) is 53.5 Å². The number of carboxylic acids is 1. The maximum absolute atomic E-state index is 13.3. The summed E-state index contributed by atoms with van der Waals surface area (Å²) in [7, 11) is 1.68. The van der Waals surface area contributed by atoms with Gasteiger partial charge in [0.2, 0.25) is 8.95 Å². The summed E-state index contributed by atoms with van der Waals surface area (Å²) in [5.74, 6) is -1.56. The van der Waals surface area contributed by atoms with Gasteiger partial charge < -0.3 is 19.9 Å². The van der Waals surface area contributed by atoms with E-state index < -0.39 is 38.7 Å². The molecule has 4 rings (SSSR count). The fourth-order valence-electron chi connectivity index (χ4n) is 3.96. The number of nitrogens with one attached hydrogen (secondary N) is 1. The second-order valence-electron chi connectivity index (χ2n) is 10.0. The highest BCUT2D eigenvalue weighted by molar-refractivity contribution is 8.01. The van der Waals surface area contributed by atoms with E-state index in [1.807, 2.05) is 0 Å². The van der Waals surface area contributed by atoms with E-state index in [1.165, 1.54) is 39.3 Å². The minimum atomic E-state index is -1.60.